The monoisotopic (exact) mass is 315 g/mol. The summed E-state index contributed by atoms with van der Waals surface area (Å²) in [5.74, 6) is 0.329. The highest BCUT2D eigenvalue weighted by Gasteiger charge is 2.14. The van der Waals surface area contributed by atoms with Gasteiger partial charge in [0.25, 0.3) is 5.91 Å². The molecule has 4 heteroatoms. The lowest BCUT2D eigenvalue weighted by Crippen LogP contribution is -2.27. The van der Waals surface area contributed by atoms with Crippen molar-refractivity contribution < 1.29 is 9.18 Å². The number of hydrogen-bond acceptors (Lipinski definition) is 2. The Morgan fingerprint density at radius 2 is 1.95 bits per heavy atom. The maximum atomic E-state index is 13.0. The average Bonchev–Trinajstić information content (AvgIpc) is 2.53. The summed E-state index contributed by atoms with van der Waals surface area (Å²) in [6.45, 7) is 5.57. The zero-order chi connectivity index (χ0) is 15.9. The van der Waals surface area contributed by atoms with Gasteiger partial charge in [-0.05, 0) is 36.8 Å². The van der Waals surface area contributed by atoms with Crippen LogP contribution in [0.25, 0.3) is 0 Å². The second kappa shape index (κ2) is 7.80. The lowest BCUT2D eigenvalue weighted by molar-refractivity contribution is 0.0937. The molecule has 2 aromatic carbocycles. The molecule has 1 N–H and O–H groups in total. The van der Waals surface area contributed by atoms with Gasteiger partial charge in [0.2, 0.25) is 0 Å². The molecule has 1 amide bonds. The Bertz CT molecular complexity index is 654. The van der Waals surface area contributed by atoms with E-state index in [2.05, 4.69) is 11.9 Å². The molecule has 0 unspecified atom stereocenters. The number of hydrogen-bond donors (Lipinski definition) is 1. The predicted molar refractivity (Wildman–Crippen MR) is 89.6 cm³/mol. The van der Waals surface area contributed by atoms with Crippen LogP contribution in [0.5, 0.6) is 0 Å². The minimum Gasteiger partial charge on any atom is -0.345 e. The second-order valence-corrected chi connectivity index (χ2v) is 5.90. The zero-order valence-corrected chi connectivity index (χ0v) is 13.2. The maximum absolute atomic E-state index is 13.0. The van der Waals surface area contributed by atoms with E-state index in [1.807, 2.05) is 25.1 Å². The van der Waals surface area contributed by atoms with Gasteiger partial charge in [0.15, 0.2) is 0 Å². The highest BCUT2D eigenvalue weighted by Crippen LogP contribution is 2.23. The molecule has 0 heterocycles. The van der Waals surface area contributed by atoms with Gasteiger partial charge in [-0.3, -0.25) is 4.79 Å². The molecule has 22 heavy (non-hydrogen) atoms. The van der Waals surface area contributed by atoms with Crippen molar-refractivity contribution in [3.8, 4) is 0 Å². The first-order valence-corrected chi connectivity index (χ1v) is 7.99. The third-order valence-corrected chi connectivity index (χ3v) is 4.28. The van der Waals surface area contributed by atoms with E-state index >= 15 is 0 Å². The molecule has 2 aromatic rings. The second-order valence-electron chi connectivity index (χ2n) is 4.84. The summed E-state index contributed by atoms with van der Waals surface area (Å²) >= 11 is 1.57. The smallest absolute Gasteiger partial charge is 0.252 e. The fourth-order valence-corrected chi connectivity index (χ4v) is 2.83. The van der Waals surface area contributed by atoms with Crippen LogP contribution in [0.4, 0.5) is 4.39 Å². The Kier molecular flexibility index (Phi) is 5.78. The van der Waals surface area contributed by atoms with Crippen molar-refractivity contribution in [3.63, 3.8) is 0 Å². The van der Waals surface area contributed by atoms with Crippen molar-refractivity contribution in [3.05, 3.63) is 78.1 Å². The van der Waals surface area contributed by atoms with Crippen LogP contribution in [0.2, 0.25) is 0 Å². The van der Waals surface area contributed by atoms with E-state index in [0.717, 1.165) is 16.2 Å². The molecule has 0 aliphatic rings. The molecule has 0 saturated carbocycles. The summed E-state index contributed by atoms with van der Waals surface area (Å²) in [5, 5.41) is 2.95. The molecule has 0 fully saturated rings. The van der Waals surface area contributed by atoms with E-state index in [1.54, 1.807) is 36.0 Å². The lowest BCUT2D eigenvalue weighted by Gasteiger charge is -2.16. The normalized spacial score (nSPS) is 11.7. The first-order chi connectivity index (χ1) is 10.6. The van der Waals surface area contributed by atoms with Gasteiger partial charge in [0.05, 0.1) is 11.6 Å². The van der Waals surface area contributed by atoms with E-state index in [4.69, 9.17) is 0 Å². The number of nitrogens with one attached hydrogen (secondary N) is 1. The molecular formula is C18H18FNOS. The van der Waals surface area contributed by atoms with Crippen LogP contribution < -0.4 is 5.32 Å². The Balaban J connectivity index is 2.11. The van der Waals surface area contributed by atoms with Crippen LogP contribution in [0, 0.1) is 5.82 Å². The topological polar surface area (TPSA) is 29.1 Å². The average molecular weight is 315 g/mol. The van der Waals surface area contributed by atoms with Gasteiger partial charge in [-0.25, -0.2) is 4.39 Å². The van der Waals surface area contributed by atoms with E-state index < -0.39 is 0 Å². The third-order valence-electron chi connectivity index (χ3n) is 3.21. The van der Waals surface area contributed by atoms with Crippen molar-refractivity contribution in [2.75, 3.05) is 5.75 Å². The minimum absolute atomic E-state index is 0.135. The molecular weight excluding hydrogens is 297 g/mol. The third kappa shape index (κ3) is 4.21. The zero-order valence-electron chi connectivity index (χ0n) is 12.4. The minimum atomic E-state index is -0.284. The fraction of sp³-hybridized carbons (Fsp3) is 0.167. The number of carbonyl (C=O) groups is 1. The summed E-state index contributed by atoms with van der Waals surface area (Å²) in [7, 11) is 0. The highest BCUT2D eigenvalue weighted by atomic mass is 32.2. The summed E-state index contributed by atoms with van der Waals surface area (Å²) < 4.78 is 13.0. The summed E-state index contributed by atoms with van der Waals surface area (Å²) in [6, 6.07) is 13.4. The molecule has 0 bridgehead atoms. The van der Waals surface area contributed by atoms with Gasteiger partial charge in [-0.1, -0.05) is 30.3 Å². The SMILES string of the molecule is C=CCSc1ccccc1C(=O)N[C@H](C)c1ccc(F)cc1. The number of thioether (sulfide) groups is 1. The number of rotatable bonds is 6. The number of halogens is 1. The van der Waals surface area contributed by atoms with E-state index in [1.165, 1.54) is 12.1 Å². The van der Waals surface area contributed by atoms with Crippen molar-refractivity contribution in [2.45, 2.75) is 17.9 Å². The van der Waals surface area contributed by atoms with Crippen LogP contribution in [0.15, 0.2) is 66.1 Å². The lowest BCUT2D eigenvalue weighted by atomic mass is 10.1. The van der Waals surface area contributed by atoms with E-state index in [0.29, 0.717) is 5.56 Å². The van der Waals surface area contributed by atoms with Crippen molar-refractivity contribution >= 4 is 17.7 Å². The molecule has 0 aliphatic heterocycles. The van der Waals surface area contributed by atoms with Crippen molar-refractivity contribution in [2.24, 2.45) is 0 Å². The van der Waals surface area contributed by atoms with Crippen molar-refractivity contribution in [1.29, 1.82) is 0 Å². The largest absolute Gasteiger partial charge is 0.345 e. The van der Waals surface area contributed by atoms with Gasteiger partial charge < -0.3 is 5.32 Å². The number of benzene rings is 2. The summed E-state index contributed by atoms with van der Waals surface area (Å²) in [5.41, 5.74) is 1.51. The van der Waals surface area contributed by atoms with Gasteiger partial charge >= 0.3 is 0 Å². The standard InChI is InChI=1S/C18H18FNOS/c1-3-12-22-17-7-5-4-6-16(17)18(21)20-13(2)14-8-10-15(19)11-9-14/h3-11,13H,1,12H2,2H3,(H,20,21)/t13-/m1/s1. The molecule has 0 spiro atoms. The van der Waals surface area contributed by atoms with Crippen LogP contribution >= 0.6 is 11.8 Å². The molecule has 2 rings (SSSR count). The Hall–Kier alpha value is -2.07. The van der Waals surface area contributed by atoms with Crippen LogP contribution in [-0.4, -0.2) is 11.7 Å². The number of amides is 1. The molecule has 0 aromatic heterocycles. The Labute approximate surface area is 134 Å². The predicted octanol–water partition coefficient (Wildman–Crippen LogP) is 4.59. The van der Waals surface area contributed by atoms with Gasteiger partial charge in [0.1, 0.15) is 5.82 Å². The van der Waals surface area contributed by atoms with E-state index in [-0.39, 0.29) is 17.8 Å². The Morgan fingerprint density at radius 1 is 1.27 bits per heavy atom. The fourth-order valence-electron chi connectivity index (χ4n) is 2.04. The highest BCUT2D eigenvalue weighted by molar-refractivity contribution is 7.99. The van der Waals surface area contributed by atoms with Crippen molar-refractivity contribution in [1.82, 2.24) is 5.32 Å². The van der Waals surface area contributed by atoms with Crippen LogP contribution in [0.1, 0.15) is 28.9 Å². The van der Waals surface area contributed by atoms with Crippen LogP contribution in [-0.2, 0) is 0 Å². The van der Waals surface area contributed by atoms with Gasteiger partial charge in [-0.15, -0.1) is 18.3 Å². The summed E-state index contributed by atoms with van der Waals surface area (Å²) in [6.07, 6.45) is 1.81. The number of carbonyl (C=O) groups excluding carboxylic acids is 1. The van der Waals surface area contributed by atoms with Crippen LogP contribution in [0.3, 0.4) is 0 Å². The molecule has 1 atom stereocenters. The maximum Gasteiger partial charge on any atom is 0.252 e. The van der Waals surface area contributed by atoms with E-state index in [9.17, 15) is 9.18 Å². The quantitative estimate of drug-likeness (QED) is 0.624. The Morgan fingerprint density at radius 3 is 2.64 bits per heavy atom. The van der Waals surface area contributed by atoms with Gasteiger partial charge in [0, 0.05) is 10.6 Å². The molecule has 2 nitrogen and oxygen atoms in total. The first kappa shape index (κ1) is 16.3. The first-order valence-electron chi connectivity index (χ1n) is 7.01. The molecule has 0 aliphatic carbocycles. The molecule has 0 saturated heterocycles. The molecule has 0 radical (unpaired) electrons. The summed E-state index contributed by atoms with van der Waals surface area (Å²) in [4.78, 5) is 13.4. The van der Waals surface area contributed by atoms with Gasteiger partial charge in [-0.2, -0.15) is 0 Å². The molecule has 114 valence electrons.